The van der Waals surface area contributed by atoms with E-state index in [1.807, 2.05) is 36.1 Å². The molecule has 1 amide bonds. The van der Waals surface area contributed by atoms with Gasteiger partial charge < -0.3 is 14.2 Å². The Morgan fingerprint density at radius 3 is 2.68 bits per heavy atom. The Balaban J connectivity index is 1.74. The number of aromatic nitrogens is 2. The first-order chi connectivity index (χ1) is 12.0. The number of hydrogen-bond acceptors (Lipinski definition) is 5. The molecule has 2 aromatic rings. The average molecular weight is 343 g/mol. The van der Waals surface area contributed by atoms with Crippen LogP contribution in [0.25, 0.3) is 0 Å². The number of rotatable bonds is 5. The minimum atomic E-state index is -0.183. The molecule has 0 saturated carbocycles. The van der Waals surface area contributed by atoms with Gasteiger partial charge in [-0.05, 0) is 38.3 Å². The Kier molecular flexibility index (Phi) is 5.18. The highest BCUT2D eigenvalue weighted by molar-refractivity contribution is 5.94. The molecular weight excluding hydrogens is 318 g/mol. The van der Waals surface area contributed by atoms with Crippen LogP contribution >= 0.6 is 0 Å². The van der Waals surface area contributed by atoms with Crippen molar-refractivity contribution in [1.82, 2.24) is 15.0 Å². The fourth-order valence-electron chi connectivity index (χ4n) is 3.50. The monoisotopic (exact) mass is 343 g/mol. The van der Waals surface area contributed by atoms with E-state index in [9.17, 15) is 4.79 Å². The smallest absolute Gasteiger partial charge is 0.253 e. The number of nitrogens with zero attached hydrogens (tertiary/aromatic N) is 3. The Labute approximate surface area is 148 Å². The molecule has 0 bridgehead atoms. The van der Waals surface area contributed by atoms with E-state index in [-0.39, 0.29) is 11.3 Å². The standard InChI is InChI=1S/C19H25N3O3/c1-14-5-4-6-16(13-14)17(23)22-10-7-19(8-11-22,9-12-24-3)18-20-15(2)25-21-18/h4-6,13H,7-12H2,1-3H3. The molecule has 0 spiro atoms. The number of ether oxygens (including phenoxy) is 1. The van der Waals surface area contributed by atoms with Gasteiger partial charge in [-0.15, -0.1) is 0 Å². The lowest BCUT2D eigenvalue weighted by Gasteiger charge is -2.39. The number of carbonyl (C=O) groups is 1. The molecule has 3 rings (SSSR count). The fraction of sp³-hybridized carbons (Fsp3) is 0.526. The molecule has 6 nitrogen and oxygen atoms in total. The second kappa shape index (κ2) is 7.35. The van der Waals surface area contributed by atoms with Crippen molar-refractivity contribution in [3.8, 4) is 0 Å². The third kappa shape index (κ3) is 3.74. The van der Waals surface area contributed by atoms with Gasteiger partial charge in [0.05, 0.1) is 0 Å². The van der Waals surface area contributed by atoms with E-state index in [4.69, 9.17) is 9.26 Å². The van der Waals surface area contributed by atoms with Gasteiger partial charge in [0.25, 0.3) is 5.91 Å². The zero-order valence-corrected chi connectivity index (χ0v) is 15.1. The second-order valence-electron chi connectivity index (χ2n) is 6.82. The van der Waals surface area contributed by atoms with Gasteiger partial charge in [0.2, 0.25) is 5.89 Å². The van der Waals surface area contributed by atoms with E-state index in [2.05, 4.69) is 10.1 Å². The minimum absolute atomic E-state index is 0.0911. The summed E-state index contributed by atoms with van der Waals surface area (Å²) in [5.41, 5.74) is 1.66. The number of likely N-dealkylation sites (tertiary alicyclic amines) is 1. The molecule has 6 heteroatoms. The highest BCUT2D eigenvalue weighted by Crippen LogP contribution is 2.37. The molecule has 0 N–H and O–H groups in total. The quantitative estimate of drug-likeness (QED) is 0.835. The minimum Gasteiger partial charge on any atom is -0.385 e. The van der Waals surface area contributed by atoms with Crippen molar-refractivity contribution in [3.05, 3.63) is 47.1 Å². The van der Waals surface area contributed by atoms with E-state index in [0.29, 0.717) is 25.6 Å². The van der Waals surface area contributed by atoms with Crippen LogP contribution in [0, 0.1) is 13.8 Å². The number of benzene rings is 1. The first kappa shape index (κ1) is 17.6. The molecule has 0 aliphatic carbocycles. The van der Waals surface area contributed by atoms with Crippen molar-refractivity contribution < 1.29 is 14.1 Å². The third-order valence-corrected chi connectivity index (χ3v) is 5.06. The Morgan fingerprint density at radius 1 is 1.32 bits per heavy atom. The van der Waals surface area contributed by atoms with Crippen LogP contribution in [0.15, 0.2) is 28.8 Å². The van der Waals surface area contributed by atoms with Crippen molar-refractivity contribution in [2.24, 2.45) is 0 Å². The summed E-state index contributed by atoms with van der Waals surface area (Å²) in [6.07, 6.45) is 2.45. The van der Waals surface area contributed by atoms with Crippen LogP contribution in [0.1, 0.15) is 46.9 Å². The van der Waals surface area contributed by atoms with E-state index < -0.39 is 0 Å². The van der Waals surface area contributed by atoms with Gasteiger partial charge in [-0.3, -0.25) is 4.79 Å². The number of piperidine rings is 1. The zero-order chi connectivity index (χ0) is 17.9. The molecule has 1 aromatic carbocycles. The molecule has 0 unspecified atom stereocenters. The van der Waals surface area contributed by atoms with Crippen LogP contribution in [0.3, 0.4) is 0 Å². The van der Waals surface area contributed by atoms with E-state index in [0.717, 1.165) is 36.2 Å². The zero-order valence-electron chi connectivity index (χ0n) is 15.1. The average Bonchev–Trinajstić information content (AvgIpc) is 3.07. The first-order valence-electron chi connectivity index (χ1n) is 8.70. The third-order valence-electron chi connectivity index (χ3n) is 5.06. The van der Waals surface area contributed by atoms with Crippen LogP contribution in [0.2, 0.25) is 0 Å². The van der Waals surface area contributed by atoms with Crippen LogP contribution in [0.5, 0.6) is 0 Å². The summed E-state index contributed by atoms with van der Waals surface area (Å²) in [4.78, 5) is 19.2. The van der Waals surface area contributed by atoms with Crippen LogP contribution in [-0.4, -0.2) is 47.8 Å². The summed E-state index contributed by atoms with van der Waals surface area (Å²) in [5.74, 6) is 1.41. The summed E-state index contributed by atoms with van der Waals surface area (Å²) in [6, 6.07) is 7.75. The SMILES string of the molecule is COCCC1(c2noc(C)n2)CCN(C(=O)c2cccc(C)c2)CC1. The van der Waals surface area contributed by atoms with Crippen molar-refractivity contribution in [1.29, 1.82) is 0 Å². The number of carbonyl (C=O) groups excluding carboxylic acids is 1. The number of amides is 1. The van der Waals surface area contributed by atoms with Crippen molar-refractivity contribution in [2.45, 2.75) is 38.5 Å². The molecule has 2 heterocycles. The molecular formula is C19H25N3O3. The molecule has 1 fully saturated rings. The molecule has 134 valence electrons. The molecule has 0 atom stereocenters. The lowest BCUT2D eigenvalue weighted by molar-refractivity contribution is 0.0616. The Morgan fingerprint density at radius 2 is 2.08 bits per heavy atom. The summed E-state index contributed by atoms with van der Waals surface area (Å²) >= 11 is 0. The van der Waals surface area contributed by atoms with Gasteiger partial charge >= 0.3 is 0 Å². The maximum Gasteiger partial charge on any atom is 0.253 e. The highest BCUT2D eigenvalue weighted by Gasteiger charge is 2.40. The topological polar surface area (TPSA) is 68.5 Å². The van der Waals surface area contributed by atoms with Crippen LogP contribution in [-0.2, 0) is 10.2 Å². The van der Waals surface area contributed by atoms with Gasteiger partial charge in [-0.2, -0.15) is 4.98 Å². The maximum absolute atomic E-state index is 12.8. The molecule has 0 radical (unpaired) electrons. The summed E-state index contributed by atoms with van der Waals surface area (Å²) < 4.78 is 10.5. The first-order valence-corrected chi connectivity index (χ1v) is 8.70. The van der Waals surface area contributed by atoms with Gasteiger partial charge in [0.15, 0.2) is 5.82 Å². The lowest BCUT2D eigenvalue weighted by atomic mass is 9.75. The van der Waals surface area contributed by atoms with E-state index in [1.54, 1.807) is 14.0 Å². The normalized spacial score (nSPS) is 16.8. The largest absolute Gasteiger partial charge is 0.385 e. The van der Waals surface area contributed by atoms with Crippen LogP contribution in [0.4, 0.5) is 0 Å². The van der Waals surface area contributed by atoms with Gasteiger partial charge in [-0.25, -0.2) is 0 Å². The Hall–Kier alpha value is -2.21. The van der Waals surface area contributed by atoms with Crippen LogP contribution < -0.4 is 0 Å². The van der Waals surface area contributed by atoms with Gasteiger partial charge in [-0.1, -0.05) is 22.9 Å². The molecule has 25 heavy (non-hydrogen) atoms. The van der Waals surface area contributed by atoms with Gasteiger partial charge in [0.1, 0.15) is 0 Å². The number of aryl methyl sites for hydroxylation is 2. The maximum atomic E-state index is 12.8. The molecule has 1 saturated heterocycles. The van der Waals surface area contributed by atoms with Crippen molar-refractivity contribution >= 4 is 5.91 Å². The lowest BCUT2D eigenvalue weighted by Crippen LogP contribution is -2.46. The molecule has 1 aliphatic rings. The highest BCUT2D eigenvalue weighted by atomic mass is 16.5. The summed E-state index contributed by atoms with van der Waals surface area (Å²) in [5, 5.41) is 4.16. The van der Waals surface area contributed by atoms with Gasteiger partial charge in [0, 0.05) is 44.7 Å². The predicted molar refractivity (Wildman–Crippen MR) is 93.5 cm³/mol. The fourth-order valence-corrected chi connectivity index (χ4v) is 3.50. The molecule has 1 aliphatic heterocycles. The van der Waals surface area contributed by atoms with E-state index >= 15 is 0 Å². The second-order valence-corrected chi connectivity index (χ2v) is 6.82. The summed E-state index contributed by atoms with van der Waals surface area (Å²) in [6.45, 7) is 5.81. The van der Waals surface area contributed by atoms with Crippen molar-refractivity contribution in [3.63, 3.8) is 0 Å². The van der Waals surface area contributed by atoms with E-state index in [1.165, 1.54) is 0 Å². The van der Waals surface area contributed by atoms with Crippen molar-refractivity contribution in [2.75, 3.05) is 26.8 Å². The number of hydrogen-bond donors (Lipinski definition) is 0. The Bertz CT molecular complexity index is 733. The predicted octanol–water partition coefficient (Wildman–Crippen LogP) is 2.90. The molecule has 1 aromatic heterocycles. The number of methoxy groups -OCH3 is 1. The summed E-state index contributed by atoms with van der Waals surface area (Å²) in [7, 11) is 1.70.